The van der Waals surface area contributed by atoms with E-state index in [-0.39, 0.29) is 0 Å². The summed E-state index contributed by atoms with van der Waals surface area (Å²) in [5, 5.41) is 0.684. The predicted octanol–water partition coefficient (Wildman–Crippen LogP) is 3.04. The average Bonchev–Trinajstić information content (AvgIpc) is 2.14. The maximum atomic E-state index is 12.1. The number of hydrogen-bond acceptors (Lipinski definition) is 2. The summed E-state index contributed by atoms with van der Waals surface area (Å²) in [6, 6.07) is 0. The Labute approximate surface area is 82.0 Å². The van der Waals surface area contributed by atoms with E-state index in [1.165, 1.54) is 7.05 Å². The highest BCUT2D eigenvalue weighted by Gasteiger charge is 1.93. The van der Waals surface area contributed by atoms with Gasteiger partial charge in [0.05, 0.1) is 0 Å². The Balaban J connectivity index is 0. The number of unbranched alkanes of at least 4 members (excludes halogenated alkanes) is 1. The molecule has 3 heteroatoms. The third-order valence-corrected chi connectivity index (χ3v) is 1.40. The first-order valence-electron chi connectivity index (χ1n) is 5.22. The zero-order chi connectivity index (χ0) is 10.5. The average molecular weight is 193 g/mol. The molecule has 0 aliphatic carbocycles. The van der Waals surface area contributed by atoms with Gasteiger partial charge in [-0.1, -0.05) is 27.2 Å². The summed E-state index contributed by atoms with van der Waals surface area (Å²) in [5.74, 6) is 0. The molecule has 0 aromatic heterocycles. The zero-order valence-corrected chi connectivity index (χ0v) is 9.48. The van der Waals surface area contributed by atoms with E-state index in [0.717, 1.165) is 25.9 Å². The molecule has 0 heterocycles. The molecule has 2 nitrogen and oxygen atoms in total. The molecule has 0 aromatic carbocycles. The van der Waals surface area contributed by atoms with E-state index in [9.17, 15) is 4.48 Å². The lowest BCUT2D eigenvalue weighted by atomic mass is 10.4. The van der Waals surface area contributed by atoms with E-state index < -0.39 is 0 Å². The Morgan fingerprint density at radius 2 is 1.69 bits per heavy atom. The molecule has 0 atom stereocenters. The Hall–Kier alpha value is -0.150. The summed E-state index contributed by atoms with van der Waals surface area (Å²) in [6.45, 7) is 8.07. The van der Waals surface area contributed by atoms with E-state index >= 15 is 0 Å². The maximum Gasteiger partial charge on any atom is 0.0479 e. The van der Waals surface area contributed by atoms with Gasteiger partial charge in [-0.25, -0.2) is 0 Å². The molecule has 0 amide bonds. The lowest BCUT2D eigenvalue weighted by Gasteiger charge is -2.05. The number of halogens is 1. The number of hydrogen-bond donors (Lipinski definition) is 0. The van der Waals surface area contributed by atoms with Crippen LogP contribution in [0.3, 0.4) is 0 Å². The molecule has 0 saturated carbocycles. The van der Waals surface area contributed by atoms with Crippen molar-refractivity contribution in [3.63, 3.8) is 0 Å². The van der Waals surface area contributed by atoms with Crippen molar-refractivity contribution in [2.45, 2.75) is 40.0 Å². The van der Waals surface area contributed by atoms with Gasteiger partial charge in [-0.3, -0.25) is 0 Å². The van der Waals surface area contributed by atoms with Crippen molar-refractivity contribution in [1.29, 1.82) is 0 Å². The molecule has 0 fully saturated rings. The number of nitrogens with zero attached hydrogens (tertiary/aromatic N) is 1. The van der Waals surface area contributed by atoms with E-state index in [1.807, 2.05) is 13.8 Å². The first kappa shape index (κ1) is 15.3. The van der Waals surface area contributed by atoms with Crippen LogP contribution in [0, 0.1) is 0 Å². The van der Waals surface area contributed by atoms with Gasteiger partial charge in [0.25, 0.3) is 0 Å². The molecule has 0 aromatic rings. The van der Waals surface area contributed by atoms with Crippen LogP contribution in [-0.2, 0) is 4.74 Å². The summed E-state index contributed by atoms with van der Waals surface area (Å²) >= 11 is 0. The first-order valence-corrected chi connectivity index (χ1v) is 5.22. The number of rotatable bonds is 7. The van der Waals surface area contributed by atoms with E-state index in [2.05, 4.69) is 6.92 Å². The minimum Gasteiger partial charge on any atom is -0.381 e. The van der Waals surface area contributed by atoms with Crippen LogP contribution in [0.1, 0.15) is 40.0 Å². The third kappa shape index (κ3) is 18.7. The predicted molar refractivity (Wildman–Crippen MR) is 55.4 cm³/mol. The first-order chi connectivity index (χ1) is 6.27. The Kier molecular flexibility index (Phi) is 17.0. The second kappa shape index (κ2) is 14.4. The van der Waals surface area contributed by atoms with Crippen molar-refractivity contribution in [2.75, 3.05) is 26.8 Å². The van der Waals surface area contributed by atoms with Crippen molar-refractivity contribution in [2.24, 2.45) is 0 Å². The van der Waals surface area contributed by atoms with Gasteiger partial charge in [-0.05, 0) is 12.8 Å². The van der Waals surface area contributed by atoms with Gasteiger partial charge >= 0.3 is 0 Å². The standard InChI is InChI=1S/C8H18FNO.C2H6/c1-3-4-7-11-8-5-6-10(2)9;1-2/h3-8H2,1-2H3;1-2H3. The summed E-state index contributed by atoms with van der Waals surface area (Å²) in [4.78, 5) is 0. The van der Waals surface area contributed by atoms with Crippen LogP contribution < -0.4 is 0 Å². The van der Waals surface area contributed by atoms with Crippen LogP contribution in [0.15, 0.2) is 0 Å². The second-order valence-electron chi connectivity index (χ2n) is 2.65. The summed E-state index contributed by atoms with van der Waals surface area (Å²) in [7, 11) is 1.42. The normalized spacial score (nSPS) is 9.69. The van der Waals surface area contributed by atoms with Crippen molar-refractivity contribution in [3.05, 3.63) is 0 Å². The smallest absolute Gasteiger partial charge is 0.0479 e. The van der Waals surface area contributed by atoms with Crippen LogP contribution in [0.2, 0.25) is 0 Å². The Morgan fingerprint density at radius 1 is 1.15 bits per heavy atom. The molecule has 0 rings (SSSR count). The minimum atomic E-state index is 0.464. The SMILES string of the molecule is CC.CCCCOCCCN(C)F. The van der Waals surface area contributed by atoms with Crippen LogP contribution in [-0.4, -0.2) is 31.9 Å². The van der Waals surface area contributed by atoms with E-state index in [1.54, 1.807) is 0 Å². The quantitative estimate of drug-likeness (QED) is 0.455. The molecule has 0 spiro atoms. The fourth-order valence-corrected chi connectivity index (χ4v) is 0.733. The molecule has 0 unspecified atom stereocenters. The maximum absolute atomic E-state index is 12.1. The fourth-order valence-electron chi connectivity index (χ4n) is 0.733. The second-order valence-corrected chi connectivity index (χ2v) is 2.65. The molecule has 82 valence electrons. The minimum absolute atomic E-state index is 0.464. The fraction of sp³-hybridized carbons (Fsp3) is 1.00. The van der Waals surface area contributed by atoms with Crippen molar-refractivity contribution >= 4 is 0 Å². The lowest BCUT2D eigenvalue weighted by Crippen LogP contribution is -2.10. The van der Waals surface area contributed by atoms with Crippen LogP contribution >= 0.6 is 0 Å². The topological polar surface area (TPSA) is 12.5 Å². The van der Waals surface area contributed by atoms with Crippen LogP contribution in [0.25, 0.3) is 0 Å². The Morgan fingerprint density at radius 3 is 2.15 bits per heavy atom. The third-order valence-electron chi connectivity index (χ3n) is 1.40. The molecular formula is C10H24FNO. The van der Waals surface area contributed by atoms with Crippen LogP contribution in [0.4, 0.5) is 4.48 Å². The highest BCUT2D eigenvalue weighted by atomic mass is 19.2. The largest absolute Gasteiger partial charge is 0.381 e. The van der Waals surface area contributed by atoms with Gasteiger partial charge < -0.3 is 4.74 Å². The van der Waals surface area contributed by atoms with Crippen molar-refractivity contribution in [3.8, 4) is 0 Å². The molecule has 0 aliphatic heterocycles. The summed E-state index contributed by atoms with van der Waals surface area (Å²) in [6.07, 6.45) is 3.03. The molecular weight excluding hydrogens is 169 g/mol. The van der Waals surface area contributed by atoms with Crippen molar-refractivity contribution < 1.29 is 9.22 Å². The highest BCUT2D eigenvalue weighted by molar-refractivity contribution is 4.39. The number of ether oxygens (including phenoxy) is 1. The molecule has 13 heavy (non-hydrogen) atoms. The summed E-state index contributed by atoms with van der Waals surface area (Å²) < 4.78 is 17.3. The van der Waals surface area contributed by atoms with Gasteiger partial charge in [0.2, 0.25) is 0 Å². The van der Waals surface area contributed by atoms with Crippen molar-refractivity contribution in [1.82, 2.24) is 5.12 Å². The van der Waals surface area contributed by atoms with Crippen LogP contribution in [0.5, 0.6) is 0 Å². The molecule has 0 bridgehead atoms. The molecule has 0 N–H and O–H groups in total. The van der Waals surface area contributed by atoms with Gasteiger partial charge in [0, 0.05) is 26.8 Å². The van der Waals surface area contributed by atoms with E-state index in [4.69, 9.17) is 4.74 Å². The van der Waals surface area contributed by atoms with E-state index in [0.29, 0.717) is 18.3 Å². The zero-order valence-electron chi connectivity index (χ0n) is 9.48. The summed E-state index contributed by atoms with van der Waals surface area (Å²) in [5.41, 5.74) is 0. The van der Waals surface area contributed by atoms with Gasteiger partial charge in [0.15, 0.2) is 0 Å². The van der Waals surface area contributed by atoms with Gasteiger partial charge in [-0.2, -0.15) is 0 Å². The monoisotopic (exact) mass is 193 g/mol. The molecule has 0 saturated heterocycles. The molecule has 0 radical (unpaired) electrons. The highest BCUT2D eigenvalue weighted by Crippen LogP contribution is 1.91. The van der Waals surface area contributed by atoms with Gasteiger partial charge in [0.1, 0.15) is 0 Å². The van der Waals surface area contributed by atoms with Gasteiger partial charge in [-0.15, -0.1) is 9.60 Å². The lowest BCUT2D eigenvalue weighted by molar-refractivity contribution is 0.0421. The Bertz CT molecular complexity index is 79.3. The molecule has 0 aliphatic rings.